The van der Waals surface area contributed by atoms with E-state index in [-0.39, 0.29) is 13.1 Å². The van der Waals surface area contributed by atoms with E-state index >= 15 is 0 Å². The largest absolute Gasteiger partial charge is 0.465 e. The van der Waals surface area contributed by atoms with E-state index in [0.717, 1.165) is 11.0 Å². The van der Waals surface area contributed by atoms with Crippen molar-refractivity contribution in [3.05, 3.63) is 29.3 Å². The maximum atomic E-state index is 13.3. The van der Waals surface area contributed by atoms with Crippen molar-refractivity contribution in [2.24, 2.45) is 0 Å². The second kappa shape index (κ2) is 6.25. The van der Waals surface area contributed by atoms with Gasteiger partial charge in [-0.25, -0.2) is 14.2 Å². The summed E-state index contributed by atoms with van der Waals surface area (Å²) >= 11 is 0. The molecule has 0 saturated carbocycles. The van der Waals surface area contributed by atoms with Crippen LogP contribution in [0.15, 0.2) is 12.1 Å². The topological polar surface area (TPSA) is 73.7 Å². The Morgan fingerprint density at radius 1 is 1.17 bits per heavy atom. The summed E-state index contributed by atoms with van der Waals surface area (Å²) in [7, 11) is 0. The van der Waals surface area contributed by atoms with E-state index in [1.807, 2.05) is 0 Å². The lowest BCUT2D eigenvalue weighted by atomic mass is 10.1. The molecule has 24 heavy (non-hydrogen) atoms. The zero-order chi connectivity index (χ0) is 18.2. The van der Waals surface area contributed by atoms with Gasteiger partial charge in [-0.1, -0.05) is 0 Å². The number of aromatic nitrogens is 1. The fraction of sp³-hybridized carbons (Fsp3) is 0.500. The maximum Gasteiger partial charge on any atom is 0.436 e. The highest BCUT2D eigenvalue weighted by Crippen LogP contribution is 2.30. The molecular weight excluding hydrogens is 334 g/mol. The SMILES string of the molecule is C[C@@H]1CN(C(=O)O)[C@@H](C)CN1C(=O)c1ccc(F)c(C(F)(F)F)n1. The molecule has 0 aromatic carbocycles. The first-order valence-corrected chi connectivity index (χ1v) is 7.06. The van der Waals surface area contributed by atoms with E-state index < -0.39 is 47.5 Å². The van der Waals surface area contributed by atoms with E-state index in [2.05, 4.69) is 4.98 Å². The third-order valence-electron chi connectivity index (χ3n) is 3.83. The molecule has 1 aromatic heterocycles. The normalized spacial score (nSPS) is 21.8. The van der Waals surface area contributed by atoms with Gasteiger partial charge in [0.15, 0.2) is 11.5 Å². The van der Waals surface area contributed by atoms with Gasteiger partial charge in [0.1, 0.15) is 5.69 Å². The van der Waals surface area contributed by atoms with Crippen LogP contribution in [0.5, 0.6) is 0 Å². The number of alkyl halides is 3. The monoisotopic (exact) mass is 349 g/mol. The van der Waals surface area contributed by atoms with Crippen molar-refractivity contribution >= 4 is 12.0 Å². The van der Waals surface area contributed by atoms with Crippen molar-refractivity contribution in [2.75, 3.05) is 13.1 Å². The smallest absolute Gasteiger partial charge is 0.436 e. The van der Waals surface area contributed by atoms with Crippen LogP contribution in [0.3, 0.4) is 0 Å². The standard InChI is InChI=1S/C14H15F4N3O3/c1-7-6-21(13(23)24)8(2)5-20(7)12(22)10-4-3-9(15)11(19-10)14(16,17)18/h3-4,7-8H,5-6H2,1-2H3,(H,23,24)/t7-,8+/m1/s1. The Labute approximate surface area is 134 Å². The van der Waals surface area contributed by atoms with Gasteiger partial charge in [0.25, 0.3) is 5.91 Å². The molecular formula is C14H15F4N3O3. The fourth-order valence-electron chi connectivity index (χ4n) is 2.58. The summed E-state index contributed by atoms with van der Waals surface area (Å²) in [5, 5.41) is 9.07. The summed E-state index contributed by atoms with van der Waals surface area (Å²) in [5.74, 6) is -2.36. The second-order valence-corrected chi connectivity index (χ2v) is 5.62. The molecule has 0 radical (unpaired) electrons. The summed E-state index contributed by atoms with van der Waals surface area (Å²) < 4.78 is 51.4. The number of carboxylic acid groups (broad SMARTS) is 1. The zero-order valence-electron chi connectivity index (χ0n) is 12.8. The highest BCUT2D eigenvalue weighted by atomic mass is 19.4. The number of rotatable bonds is 1. The summed E-state index contributed by atoms with van der Waals surface area (Å²) in [6.45, 7) is 3.19. The molecule has 1 aliphatic rings. The molecule has 2 amide bonds. The van der Waals surface area contributed by atoms with Crippen molar-refractivity contribution in [1.82, 2.24) is 14.8 Å². The van der Waals surface area contributed by atoms with Gasteiger partial charge in [0.2, 0.25) is 0 Å². The van der Waals surface area contributed by atoms with Gasteiger partial charge >= 0.3 is 12.3 Å². The molecule has 1 fully saturated rings. The lowest BCUT2D eigenvalue weighted by Crippen LogP contribution is -2.59. The first-order valence-electron chi connectivity index (χ1n) is 7.06. The van der Waals surface area contributed by atoms with E-state index in [1.165, 1.54) is 4.90 Å². The summed E-state index contributed by atoms with van der Waals surface area (Å²) in [6.07, 6.45) is -6.15. The number of piperazine rings is 1. The lowest BCUT2D eigenvalue weighted by molar-refractivity contribution is -0.143. The molecule has 1 N–H and O–H groups in total. The van der Waals surface area contributed by atoms with Gasteiger partial charge in [0.05, 0.1) is 0 Å². The van der Waals surface area contributed by atoms with Gasteiger partial charge in [-0.3, -0.25) is 4.79 Å². The Hall–Kier alpha value is -2.39. The van der Waals surface area contributed by atoms with Crippen LogP contribution in [-0.2, 0) is 6.18 Å². The van der Waals surface area contributed by atoms with Crippen molar-refractivity contribution in [3.8, 4) is 0 Å². The maximum absolute atomic E-state index is 13.3. The van der Waals surface area contributed by atoms with Crippen LogP contribution >= 0.6 is 0 Å². The number of nitrogens with zero attached hydrogens (tertiary/aromatic N) is 3. The van der Waals surface area contributed by atoms with E-state index in [0.29, 0.717) is 6.07 Å². The molecule has 2 atom stereocenters. The molecule has 1 aliphatic heterocycles. The number of halogens is 4. The third kappa shape index (κ3) is 3.41. The van der Waals surface area contributed by atoms with E-state index in [9.17, 15) is 27.2 Å². The second-order valence-electron chi connectivity index (χ2n) is 5.62. The predicted molar refractivity (Wildman–Crippen MR) is 73.9 cm³/mol. The summed E-state index contributed by atoms with van der Waals surface area (Å²) in [5.41, 5.74) is -2.29. The van der Waals surface area contributed by atoms with Crippen LogP contribution in [0.2, 0.25) is 0 Å². The van der Waals surface area contributed by atoms with Crippen LogP contribution in [0.1, 0.15) is 30.0 Å². The first-order chi connectivity index (χ1) is 11.0. The highest BCUT2D eigenvalue weighted by molar-refractivity contribution is 5.92. The molecule has 2 heterocycles. The van der Waals surface area contributed by atoms with Crippen molar-refractivity contribution in [1.29, 1.82) is 0 Å². The quantitative estimate of drug-likeness (QED) is 0.791. The van der Waals surface area contributed by atoms with Gasteiger partial charge in [-0.2, -0.15) is 13.2 Å². The highest BCUT2D eigenvalue weighted by Gasteiger charge is 2.39. The molecule has 0 unspecified atom stereocenters. The van der Waals surface area contributed by atoms with Gasteiger partial charge < -0.3 is 14.9 Å². The summed E-state index contributed by atoms with van der Waals surface area (Å²) in [6, 6.07) is 0.356. The van der Waals surface area contributed by atoms with Crippen LogP contribution < -0.4 is 0 Å². The number of carbonyl (C=O) groups is 2. The van der Waals surface area contributed by atoms with Crippen LogP contribution in [-0.4, -0.2) is 57.1 Å². The number of hydrogen-bond acceptors (Lipinski definition) is 3. The minimum atomic E-state index is -5.01. The molecule has 10 heteroatoms. The van der Waals surface area contributed by atoms with Crippen LogP contribution in [0.25, 0.3) is 0 Å². The zero-order valence-corrected chi connectivity index (χ0v) is 12.8. The molecule has 2 rings (SSSR count). The van der Waals surface area contributed by atoms with Crippen molar-refractivity contribution in [2.45, 2.75) is 32.1 Å². The third-order valence-corrected chi connectivity index (χ3v) is 3.83. The fourth-order valence-corrected chi connectivity index (χ4v) is 2.58. The predicted octanol–water partition coefficient (Wildman–Crippen LogP) is 2.45. The Morgan fingerprint density at radius 3 is 2.25 bits per heavy atom. The summed E-state index contributed by atoms with van der Waals surface area (Å²) in [4.78, 5) is 29.0. The van der Waals surface area contributed by atoms with Gasteiger partial charge in [0, 0.05) is 25.2 Å². The lowest BCUT2D eigenvalue weighted by Gasteiger charge is -2.42. The molecule has 1 saturated heterocycles. The molecule has 0 bridgehead atoms. The molecule has 0 spiro atoms. The van der Waals surface area contributed by atoms with Crippen LogP contribution in [0, 0.1) is 5.82 Å². The molecule has 0 aliphatic carbocycles. The average molecular weight is 349 g/mol. The Bertz CT molecular complexity index is 665. The Morgan fingerprint density at radius 2 is 1.71 bits per heavy atom. The van der Waals surface area contributed by atoms with Gasteiger partial charge in [-0.15, -0.1) is 0 Å². The molecule has 1 aromatic rings. The Balaban J connectivity index is 2.28. The number of hydrogen-bond donors (Lipinski definition) is 1. The minimum absolute atomic E-state index is 0.00665. The van der Waals surface area contributed by atoms with Crippen molar-refractivity contribution in [3.63, 3.8) is 0 Å². The van der Waals surface area contributed by atoms with E-state index in [1.54, 1.807) is 13.8 Å². The number of carbonyl (C=O) groups excluding carboxylic acids is 1. The van der Waals surface area contributed by atoms with E-state index in [4.69, 9.17) is 5.11 Å². The first kappa shape index (κ1) is 18.0. The number of amides is 2. The van der Waals surface area contributed by atoms with Crippen LogP contribution in [0.4, 0.5) is 22.4 Å². The van der Waals surface area contributed by atoms with Crippen molar-refractivity contribution < 1.29 is 32.3 Å². The Kier molecular flexibility index (Phi) is 4.68. The molecule has 132 valence electrons. The minimum Gasteiger partial charge on any atom is -0.465 e. The van der Waals surface area contributed by atoms with Gasteiger partial charge in [-0.05, 0) is 26.0 Å². The number of pyridine rings is 1. The average Bonchev–Trinajstić information content (AvgIpc) is 2.47. The molecule has 6 nitrogen and oxygen atoms in total.